The lowest BCUT2D eigenvalue weighted by atomic mass is 9.90. The zero-order chi connectivity index (χ0) is 11.6. The number of nitrogens with zero attached hydrogens (tertiary/aromatic N) is 1. The second-order valence-corrected chi connectivity index (χ2v) is 5.07. The Balaban J connectivity index is 2.73. The van der Waals surface area contributed by atoms with Crippen molar-refractivity contribution >= 4 is 11.7 Å². The molecule has 1 aliphatic rings. The van der Waals surface area contributed by atoms with Gasteiger partial charge in [0.15, 0.2) is 0 Å². The van der Waals surface area contributed by atoms with Crippen LogP contribution in [0, 0.1) is 11.3 Å². The molecule has 1 aliphatic carbocycles. The molecule has 1 atom stereocenters. The number of hydrogen-bond acceptors (Lipinski definition) is 2. The van der Waals surface area contributed by atoms with Gasteiger partial charge in [-0.1, -0.05) is 13.8 Å². The highest BCUT2D eigenvalue weighted by Gasteiger charge is 2.42. The summed E-state index contributed by atoms with van der Waals surface area (Å²) in [5.74, 6) is -0.229. The van der Waals surface area contributed by atoms with Crippen LogP contribution in [0.25, 0.3) is 0 Å². The number of rotatable bonds is 3. The number of Topliss-reactive ketones (excluding diaryl/α,β-unsaturated/α-hetero) is 1. The fourth-order valence-electron chi connectivity index (χ4n) is 2.31. The van der Waals surface area contributed by atoms with E-state index in [9.17, 15) is 9.59 Å². The largest absolute Gasteiger partial charge is 0.343 e. The standard InChI is InChI=1S/C12H21NO2/c1-5-13(6-2)11(15)9-7-12(3,4)8-10(9)14/h9H,5-8H2,1-4H3. The fraction of sp³-hybridized carbons (Fsp3) is 0.833. The van der Waals surface area contributed by atoms with E-state index in [-0.39, 0.29) is 23.0 Å². The number of ketones is 1. The number of amides is 1. The second kappa shape index (κ2) is 4.33. The van der Waals surface area contributed by atoms with E-state index in [4.69, 9.17) is 0 Å². The minimum atomic E-state index is -0.375. The maximum Gasteiger partial charge on any atom is 0.233 e. The zero-order valence-corrected chi connectivity index (χ0v) is 10.2. The van der Waals surface area contributed by atoms with Crippen LogP contribution in [0.15, 0.2) is 0 Å². The van der Waals surface area contributed by atoms with Crippen molar-refractivity contribution in [2.45, 2.75) is 40.5 Å². The molecule has 0 aromatic carbocycles. The molecule has 0 aromatic heterocycles. The Labute approximate surface area is 91.8 Å². The van der Waals surface area contributed by atoms with E-state index in [1.54, 1.807) is 4.90 Å². The second-order valence-electron chi connectivity index (χ2n) is 5.07. The SMILES string of the molecule is CCN(CC)C(=O)C1CC(C)(C)CC1=O. The van der Waals surface area contributed by atoms with E-state index in [1.165, 1.54) is 0 Å². The van der Waals surface area contributed by atoms with Gasteiger partial charge < -0.3 is 4.90 Å². The molecule has 1 saturated carbocycles. The van der Waals surface area contributed by atoms with Crippen LogP contribution in [-0.2, 0) is 9.59 Å². The number of carbonyl (C=O) groups is 2. The number of hydrogen-bond donors (Lipinski definition) is 0. The maximum absolute atomic E-state index is 12.0. The van der Waals surface area contributed by atoms with Crippen LogP contribution in [-0.4, -0.2) is 29.7 Å². The molecule has 0 aromatic rings. The Bertz CT molecular complexity index is 267. The minimum Gasteiger partial charge on any atom is -0.343 e. The van der Waals surface area contributed by atoms with Crippen LogP contribution >= 0.6 is 0 Å². The lowest BCUT2D eigenvalue weighted by Gasteiger charge is -2.22. The molecule has 1 unspecified atom stereocenters. The Morgan fingerprint density at radius 2 is 1.93 bits per heavy atom. The van der Waals surface area contributed by atoms with Crippen LogP contribution in [0.3, 0.4) is 0 Å². The van der Waals surface area contributed by atoms with Gasteiger partial charge in [-0.05, 0) is 25.7 Å². The van der Waals surface area contributed by atoms with Gasteiger partial charge in [-0.3, -0.25) is 9.59 Å². The van der Waals surface area contributed by atoms with E-state index in [0.717, 1.165) is 0 Å². The molecule has 0 N–H and O–H groups in total. The monoisotopic (exact) mass is 211 g/mol. The first-order valence-corrected chi connectivity index (χ1v) is 5.72. The highest BCUT2D eigenvalue weighted by atomic mass is 16.2. The summed E-state index contributed by atoms with van der Waals surface area (Å²) in [6.45, 7) is 9.40. The third kappa shape index (κ3) is 2.58. The summed E-state index contributed by atoms with van der Waals surface area (Å²) >= 11 is 0. The predicted octanol–water partition coefficient (Wildman–Crippen LogP) is 1.86. The lowest BCUT2D eigenvalue weighted by Crippen LogP contribution is -2.37. The lowest BCUT2D eigenvalue weighted by molar-refractivity contribution is -0.139. The van der Waals surface area contributed by atoms with E-state index < -0.39 is 0 Å². The van der Waals surface area contributed by atoms with Crippen molar-refractivity contribution in [2.24, 2.45) is 11.3 Å². The van der Waals surface area contributed by atoms with Gasteiger partial charge in [0.2, 0.25) is 5.91 Å². The van der Waals surface area contributed by atoms with Crippen LogP contribution in [0.1, 0.15) is 40.5 Å². The van der Waals surface area contributed by atoms with E-state index in [1.807, 2.05) is 13.8 Å². The Morgan fingerprint density at radius 3 is 2.27 bits per heavy atom. The van der Waals surface area contributed by atoms with E-state index >= 15 is 0 Å². The summed E-state index contributed by atoms with van der Waals surface area (Å²) in [5.41, 5.74) is 0.00453. The Kier molecular flexibility index (Phi) is 3.53. The van der Waals surface area contributed by atoms with Crippen molar-refractivity contribution < 1.29 is 9.59 Å². The number of carbonyl (C=O) groups excluding carboxylic acids is 2. The first kappa shape index (κ1) is 12.2. The van der Waals surface area contributed by atoms with Gasteiger partial charge in [-0.15, -0.1) is 0 Å². The fourth-order valence-corrected chi connectivity index (χ4v) is 2.31. The van der Waals surface area contributed by atoms with E-state index in [0.29, 0.717) is 25.9 Å². The predicted molar refractivity (Wildman–Crippen MR) is 59.4 cm³/mol. The average Bonchev–Trinajstić information content (AvgIpc) is 2.41. The van der Waals surface area contributed by atoms with Gasteiger partial charge in [-0.25, -0.2) is 0 Å². The maximum atomic E-state index is 12.0. The molecule has 0 bridgehead atoms. The molecule has 3 nitrogen and oxygen atoms in total. The topological polar surface area (TPSA) is 37.4 Å². The quantitative estimate of drug-likeness (QED) is 0.668. The van der Waals surface area contributed by atoms with Crippen LogP contribution < -0.4 is 0 Å². The smallest absolute Gasteiger partial charge is 0.233 e. The normalized spacial score (nSPS) is 24.3. The van der Waals surface area contributed by atoms with Crippen molar-refractivity contribution in [2.75, 3.05) is 13.1 Å². The molecule has 0 saturated heterocycles. The first-order valence-electron chi connectivity index (χ1n) is 5.72. The zero-order valence-electron chi connectivity index (χ0n) is 10.2. The molecule has 15 heavy (non-hydrogen) atoms. The molecule has 86 valence electrons. The van der Waals surface area contributed by atoms with Crippen molar-refractivity contribution in [3.63, 3.8) is 0 Å². The highest BCUT2D eigenvalue weighted by molar-refractivity contribution is 6.03. The van der Waals surface area contributed by atoms with Crippen LogP contribution in [0.5, 0.6) is 0 Å². The van der Waals surface area contributed by atoms with Gasteiger partial charge >= 0.3 is 0 Å². The molecule has 1 amide bonds. The van der Waals surface area contributed by atoms with Crippen LogP contribution in [0.4, 0.5) is 0 Å². The molecule has 0 spiro atoms. The van der Waals surface area contributed by atoms with E-state index in [2.05, 4.69) is 13.8 Å². The Hall–Kier alpha value is -0.860. The summed E-state index contributed by atoms with van der Waals surface area (Å²) in [5, 5.41) is 0. The summed E-state index contributed by atoms with van der Waals surface area (Å²) in [6.07, 6.45) is 1.26. The third-order valence-electron chi connectivity index (χ3n) is 3.17. The summed E-state index contributed by atoms with van der Waals surface area (Å²) < 4.78 is 0. The molecule has 3 heteroatoms. The van der Waals surface area contributed by atoms with Gasteiger partial charge in [0.05, 0.1) is 5.92 Å². The molecular weight excluding hydrogens is 190 g/mol. The first-order chi connectivity index (χ1) is 6.91. The molecule has 0 radical (unpaired) electrons. The van der Waals surface area contributed by atoms with Gasteiger partial charge in [-0.2, -0.15) is 0 Å². The van der Waals surface area contributed by atoms with Crippen molar-refractivity contribution in [3.8, 4) is 0 Å². The third-order valence-corrected chi connectivity index (χ3v) is 3.17. The molecule has 0 heterocycles. The molecule has 1 rings (SSSR count). The minimum absolute atomic E-state index is 0.00453. The van der Waals surface area contributed by atoms with Gasteiger partial charge in [0, 0.05) is 19.5 Å². The molecular formula is C12H21NO2. The Morgan fingerprint density at radius 1 is 1.40 bits per heavy atom. The summed E-state index contributed by atoms with van der Waals surface area (Å²) in [7, 11) is 0. The average molecular weight is 211 g/mol. The molecule has 1 fully saturated rings. The molecule has 0 aliphatic heterocycles. The summed E-state index contributed by atoms with van der Waals surface area (Å²) in [6, 6.07) is 0. The summed E-state index contributed by atoms with van der Waals surface area (Å²) in [4.78, 5) is 25.5. The van der Waals surface area contributed by atoms with Crippen molar-refractivity contribution in [1.29, 1.82) is 0 Å². The van der Waals surface area contributed by atoms with Gasteiger partial charge in [0.25, 0.3) is 0 Å². The highest BCUT2D eigenvalue weighted by Crippen LogP contribution is 2.39. The van der Waals surface area contributed by atoms with Crippen molar-refractivity contribution in [1.82, 2.24) is 4.90 Å². The van der Waals surface area contributed by atoms with Crippen molar-refractivity contribution in [3.05, 3.63) is 0 Å². The van der Waals surface area contributed by atoms with Gasteiger partial charge in [0.1, 0.15) is 5.78 Å². The van der Waals surface area contributed by atoms with Crippen LogP contribution in [0.2, 0.25) is 0 Å².